The molecule has 28 heavy (non-hydrogen) atoms. The molecule has 2 heterocycles. The van der Waals surface area contributed by atoms with Gasteiger partial charge < -0.3 is 19.4 Å². The van der Waals surface area contributed by atoms with Gasteiger partial charge >= 0.3 is 6.09 Å². The second-order valence-corrected chi connectivity index (χ2v) is 9.08. The number of amides is 2. The van der Waals surface area contributed by atoms with Crippen molar-refractivity contribution in [2.24, 2.45) is 5.92 Å². The molecule has 6 nitrogen and oxygen atoms in total. The summed E-state index contributed by atoms with van der Waals surface area (Å²) in [5.41, 5.74) is 2.96. The van der Waals surface area contributed by atoms with Crippen molar-refractivity contribution < 1.29 is 14.3 Å². The summed E-state index contributed by atoms with van der Waals surface area (Å²) >= 11 is 0. The lowest BCUT2D eigenvalue weighted by atomic mass is 9.87. The van der Waals surface area contributed by atoms with Gasteiger partial charge in [-0.1, -0.05) is 6.92 Å². The molecule has 2 amide bonds. The van der Waals surface area contributed by atoms with Crippen LogP contribution in [0.25, 0.3) is 0 Å². The van der Waals surface area contributed by atoms with E-state index in [1.54, 1.807) is 11.8 Å². The summed E-state index contributed by atoms with van der Waals surface area (Å²) in [7, 11) is 0. The Morgan fingerprint density at radius 1 is 1.07 bits per heavy atom. The first kappa shape index (κ1) is 20.5. The Hall–Kier alpha value is -2.24. The molecule has 2 atom stereocenters. The normalized spacial score (nSPS) is 22.7. The summed E-state index contributed by atoms with van der Waals surface area (Å²) in [6.07, 6.45) is 0.740. The minimum absolute atomic E-state index is 0.0963. The number of carbonyl (C=O) groups excluding carboxylic acids is 2. The molecule has 0 bridgehead atoms. The Bertz CT molecular complexity index is 748. The first-order valence-corrected chi connectivity index (χ1v) is 10.2. The summed E-state index contributed by atoms with van der Waals surface area (Å²) in [6, 6.07) is 6.61. The maximum absolute atomic E-state index is 12.3. The number of piperazine rings is 1. The average Bonchev–Trinajstić information content (AvgIpc) is 2.60. The molecule has 0 spiro atoms. The molecule has 3 rings (SSSR count). The topological polar surface area (TPSA) is 53.1 Å². The molecule has 0 aromatic heterocycles. The second-order valence-electron chi connectivity index (χ2n) is 9.08. The molecule has 0 saturated carbocycles. The van der Waals surface area contributed by atoms with E-state index in [2.05, 4.69) is 36.9 Å². The van der Waals surface area contributed by atoms with Gasteiger partial charge in [0.25, 0.3) is 0 Å². The summed E-state index contributed by atoms with van der Waals surface area (Å²) in [4.78, 5) is 30.4. The van der Waals surface area contributed by atoms with E-state index in [-0.39, 0.29) is 18.0 Å². The van der Waals surface area contributed by atoms with Gasteiger partial charge in [0.2, 0.25) is 5.91 Å². The highest BCUT2D eigenvalue weighted by molar-refractivity contribution is 5.94. The van der Waals surface area contributed by atoms with Crippen LogP contribution in [0.4, 0.5) is 16.2 Å². The fraction of sp³-hybridized carbons (Fsp3) is 0.636. The summed E-state index contributed by atoms with van der Waals surface area (Å²) in [5, 5.41) is 0. The van der Waals surface area contributed by atoms with E-state index in [9.17, 15) is 9.59 Å². The highest BCUT2D eigenvalue weighted by Gasteiger charge is 2.32. The highest BCUT2D eigenvalue weighted by Crippen LogP contribution is 2.36. The predicted molar refractivity (Wildman–Crippen MR) is 112 cm³/mol. The number of fused-ring (bicyclic) bond motifs is 1. The Kier molecular flexibility index (Phi) is 5.60. The number of hydrogen-bond acceptors (Lipinski definition) is 4. The maximum Gasteiger partial charge on any atom is 0.410 e. The maximum atomic E-state index is 12.3. The highest BCUT2D eigenvalue weighted by atomic mass is 16.6. The third-order valence-electron chi connectivity index (χ3n) is 5.73. The van der Waals surface area contributed by atoms with E-state index in [4.69, 9.17) is 4.74 Å². The van der Waals surface area contributed by atoms with Crippen LogP contribution in [0.3, 0.4) is 0 Å². The average molecular weight is 388 g/mol. The van der Waals surface area contributed by atoms with Crippen LogP contribution >= 0.6 is 0 Å². The summed E-state index contributed by atoms with van der Waals surface area (Å²) in [5.74, 6) is 0.523. The molecule has 0 aliphatic carbocycles. The zero-order valence-electron chi connectivity index (χ0n) is 18.0. The van der Waals surface area contributed by atoms with Crippen LogP contribution in [-0.2, 0) is 16.0 Å². The number of ether oxygens (including phenoxy) is 1. The minimum atomic E-state index is -0.469. The van der Waals surface area contributed by atoms with Crippen LogP contribution in [-0.4, -0.2) is 54.7 Å². The lowest BCUT2D eigenvalue weighted by Gasteiger charge is -2.40. The lowest BCUT2D eigenvalue weighted by molar-refractivity contribution is -0.117. The molecule has 154 valence electrons. The monoisotopic (exact) mass is 387 g/mol. The predicted octanol–water partition coefficient (Wildman–Crippen LogP) is 3.68. The van der Waals surface area contributed by atoms with Crippen molar-refractivity contribution in [2.75, 3.05) is 36.0 Å². The molecule has 6 heteroatoms. The van der Waals surface area contributed by atoms with Crippen molar-refractivity contribution >= 4 is 23.4 Å². The van der Waals surface area contributed by atoms with Gasteiger partial charge in [-0.05, 0) is 63.8 Å². The van der Waals surface area contributed by atoms with Crippen molar-refractivity contribution in [1.82, 2.24) is 4.90 Å². The number of hydrogen-bond donors (Lipinski definition) is 0. The standard InChI is InChI=1S/C22H33N3O3/c1-15-13-18-14-19(7-8-20(18)25(16(15)2)17(3)26)23-9-11-24(12-10-23)21(27)28-22(4,5)6/h7-8,14-16H,9-13H2,1-6H3. The van der Waals surface area contributed by atoms with Crippen LogP contribution in [0.5, 0.6) is 0 Å². The van der Waals surface area contributed by atoms with Gasteiger partial charge in [-0.25, -0.2) is 4.79 Å². The van der Waals surface area contributed by atoms with Gasteiger partial charge in [-0.3, -0.25) is 4.79 Å². The van der Waals surface area contributed by atoms with E-state index >= 15 is 0 Å². The first-order chi connectivity index (χ1) is 13.1. The van der Waals surface area contributed by atoms with Gasteiger partial charge in [0.1, 0.15) is 5.60 Å². The van der Waals surface area contributed by atoms with Crippen LogP contribution < -0.4 is 9.80 Å². The van der Waals surface area contributed by atoms with Crippen LogP contribution in [0, 0.1) is 5.92 Å². The number of nitrogens with zero attached hydrogens (tertiary/aromatic N) is 3. The van der Waals surface area contributed by atoms with E-state index < -0.39 is 5.60 Å². The number of carbonyl (C=O) groups is 2. The number of rotatable bonds is 1. The summed E-state index contributed by atoms with van der Waals surface area (Å²) < 4.78 is 5.48. The van der Waals surface area contributed by atoms with Crippen molar-refractivity contribution in [2.45, 2.75) is 59.6 Å². The smallest absolute Gasteiger partial charge is 0.410 e. The molecule has 2 aliphatic heterocycles. The Labute approximate surface area is 168 Å². The lowest BCUT2D eigenvalue weighted by Crippen LogP contribution is -2.50. The van der Waals surface area contributed by atoms with E-state index in [1.807, 2.05) is 25.7 Å². The first-order valence-electron chi connectivity index (χ1n) is 10.2. The number of anilines is 2. The third kappa shape index (κ3) is 4.26. The fourth-order valence-electron chi connectivity index (χ4n) is 4.09. The molecule has 1 aromatic rings. The summed E-state index contributed by atoms with van der Waals surface area (Å²) in [6.45, 7) is 14.5. The molecule has 2 unspecified atom stereocenters. The van der Waals surface area contributed by atoms with E-state index in [0.717, 1.165) is 30.9 Å². The SMILES string of the molecule is CC(=O)N1c2ccc(N3CCN(C(=O)OC(C)(C)C)CC3)cc2CC(C)C1C. The molecule has 1 fully saturated rings. The molecular formula is C22H33N3O3. The second kappa shape index (κ2) is 7.64. The largest absolute Gasteiger partial charge is 0.444 e. The zero-order valence-corrected chi connectivity index (χ0v) is 18.0. The van der Waals surface area contributed by atoms with Gasteiger partial charge in [0, 0.05) is 50.5 Å². The third-order valence-corrected chi connectivity index (χ3v) is 5.73. The van der Waals surface area contributed by atoms with Crippen LogP contribution in [0.15, 0.2) is 18.2 Å². The van der Waals surface area contributed by atoms with Gasteiger partial charge in [0.05, 0.1) is 0 Å². The van der Waals surface area contributed by atoms with Crippen molar-refractivity contribution in [3.8, 4) is 0 Å². The van der Waals surface area contributed by atoms with E-state index in [1.165, 1.54) is 5.56 Å². The van der Waals surface area contributed by atoms with Crippen molar-refractivity contribution in [3.05, 3.63) is 23.8 Å². The molecule has 1 saturated heterocycles. The van der Waals surface area contributed by atoms with Crippen LogP contribution in [0.2, 0.25) is 0 Å². The fourth-order valence-corrected chi connectivity index (χ4v) is 4.09. The minimum Gasteiger partial charge on any atom is -0.444 e. The van der Waals surface area contributed by atoms with Crippen molar-refractivity contribution in [1.29, 1.82) is 0 Å². The van der Waals surface area contributed by atoms with E-state index in [0.29, 0.717) is 19.0 Å². The Morgan fingerprint density at radius 2 is 1.71 bits per heavy atom. The van der Waals surface area contributed by atoms with Gasteiger partial charge in [0.15, 0.2) is 0 Å². The van der Waals surface area contributed by atoms with Crippen molar-refractivity contribution in [3.63, 3.8) is 0 Å². The van der Waals surface area contributed by atoms with Gasteiger partial charge in [-0.2, -0.15) is 0 Å². The quantitative estimate of drug-likeness (QED) is 0.738. The van der Waals surface area contributed by atoms with Gasteiger partial charge in [-0.15, -0.1) is 0 Å². The molecule has 1 aromatic carbocycles. The van der Waals surface area contributed by atoms with Crippen LogP contribution in [0.1, 0.15) is 47.1 Å². The molecular weight excluding hydrogens is 354 g/mol. The molecule has 2 aliphatic rings. The Morgan fingerprint density at radius 3 is 2.29 bits per heavy atom. The molecule has 0 radical (unpaired) electrons. The molecule has 0 N–H and O–H groups in total. The number of benzene rings is 1. The zero-order chi connectivity index (χ0) is 20.6. The Balaban J connectivity index is 1.71.